The van der Waals surface area contributed by atoms with Crippen molar-refractivity contribution in [1.82, 2.24) is 0 Å². The lowest BCUT2D eigenvalue weighted by Crippen LogP contribution is -2.28. The van der Waals surface area contributed by atoms with Gasteiger partial charge in [0.05, 0.1) is 5.41 Å². The number of hydrogen-bond acceptors (Lipinski definition) is 3. The van der Waals surface area contributed by atoms with E-state index in [2.05, 4.69) is 0 Å². The van der Waals surface area contributed by atoms with Crippen LogP contribution in [0.15, 0.2) is 24.3 Å². The Hall–Kier alpha value is -1.84. The number of benzene rings is 1. The molecule has 0 heterocycles. The van der Waals surface area contributed by atoms with Gasteiger partial charge in [-0.1, -0.05) is 24.3 Å². The molecular formula is C17H24O4. The second-order valence-electron chi connectivity index (χ2n) is 6.71. The predicted molar refractivity (Wildman–Crippen MR) is 81.3 cm³/mol. The Morgan fingerprint density at radius 3 is 2.00 bits per heavy atom. The van der Waals surface area contributed by atoms with Gasteiger partial charge in [0.2, 0.25) is 0 Å². The Kier molecular flexibility index (Phi) is 5.15. The smallest absolute Gasteiger partial charge is 0.313 e. The van der Waals surface area contributed by atoms with E-state index in [1.165, 1.54) is 0 Å². The summed E-state index contributed by atoms with van der Waals surface area (Å²) in [7, 11) is 0. The molecule has 0 atom stereocenters. The molecule has 0 bridgehead atoms. The first-order valence-corrected chi connectivity index (χ1v) is 7.07. The monoisotopic (exact) mass is 292 g/mol. The van der Waals surface area contributed by atoms with Crippen LogP contribution in [0.5, 0.6) is 0 Å². The molecule has 1 aromatic rings. The fourth-order valence-electron chi connectivity index (χ4n) is 1.85. The van der Waals surface area contributed by atoms with Crippen LogP contribution in [0.1, 0.15) is 52.2 Å². The third-order valence-electron chi connectivity index (χ3n) is 3.25. The molecule has 4 nitrogen and oxygen atoms in total. The summed E-state index contributed by atoms with van der Waals surface area (Å²) in [6.07, 6.45) is 0.904. The van der Waals surface area contributed by atoms with Gasteiger partial charge in [-0.2, -0.15) is 0 Å². The minimum Gasteiger partial charge on any atom is -0.481 e. The van der Waals surface area contributed by atoms with Gasteiger partial charge in [0, 0.05) is 6.42 Å². The van der Waals surface area contributed by atoms with Crippen molar-refractivity contribution in [3.8, 4) is 0 Å². The van der Waals surface area contributed by atoms with E-state index in [1.54, 1.807) is 26.0 Å². The maximum atomic E-state index is 11.6. The van der Waals surface area contributed by atoms with Gasteiger partial charge in [0.25, 0.3) is 0 Å². The van der Waals surface area contributed by atoms with Gasteiger partial charge in [0.15, 0.2) is 0 Å². The zero-order valence-electron chi connectivity index (χ0n) is 13.4. The summed E-state index contributed by atoms with van der Waals surface area (Å²) in [6, 6.07) is 7.34. The quantitative estimate of drug-likeness (QED) is 0.846. The number of esters is 1. The van der Waals surface area contributed by atoms with E-state index in [0.29, 0.717) is 12.8 Å². The van der Waals surface area contributed by atoms with Crippen LogP contribution < -0.4 is 0 Å². The van der Waals surface area contributed by atoms with Crippen molar-refractivity contribution < 1.29 is 19.4 Å². The van der Waals surface area contributed by atoms with Gasteiger partial charge >= 0.3 is 11.9 Å². The average molecular weight is 292 g/mol. The highest BCUT2D eigenvalue weighted by molar-refractivity contribution is 5.80. The van der Waals surface area contributed by atoms with E-state index in [0.717, 1.165) is 11.1 Å². The van der Waals surface area contributed by atoms with Crippen molar-refractivity contribution in [2.45, 2.75) is 58.5 Å². The summed E-state index contributed by atoms with van der Waals surface area (Å²) >= 11 is 0. The number of ether oxygens (including phenoxy) is 1. The van der Waals surface area contributed by atoms with Crippen LogP contribution in [0.2, 0.25) is 0 Å². The molecule has 0 aromatic heterocycles. The van der Waals surface area contributed by atoms with Crippen LogP contribution in [0, 0.1) is 0 Å². The highest BCUT2D eigenvalue weighted by atomic mass is 16.6. The number of rotatable bonds is 5. The average Bonchev–Trinajstić information content (AvgIpc) is 2.34. The molecule has 21 heavy (non-hydrogen) atoms. The lowest BCUT2D eigenvalue weighted by Gasteiger charge is -2.20. The van der Waals surface area contributed by atoms with E-state index in [4.69, 9.17) is 4.74 Å². The minimum atomic E-state index is -0.913. The Balaban J connectivity index is 2.64. The molecular weight excluding hydrogens is 268 g/mol. The van der Waals surface area contributed by atoms with Crippen molar-refractivity contribution in [1.29, 1.82) is 0 Å². The molecule has 0 unspecified atom stereocenters. The molecule has 1 N–H and O–H groups in total. The summed E-state index contributed by atoms with van der Waals surface area (Å²) in [5, 5.41) is 9.19. The van der Waals surface area contributed by atoms with Crippen LogP contribution >= 0.6 is 0 Å². The van der Waals surface area contributed by atoms with Gasteiger partial charge in [-0.25, -0.2) is 0 Å². The number of carbonyl (C=O) groups excluding carboxylic acids is 1. The lowest BCUT2D eigenvalue weighted by molar-refractivity contribution is -0.154. The van der Waals surface area contributed by atoms with Gasteiger partial charge in [-0.3, -0.25) is 9.59 Å². The highest BCUT2D eigenvalue weighted by Crippen LogP contribution is 2.24. The van der Waals surface area contributed by atoms with E-state index in [-0.39, 0.29) is 5.97 Å². The Bertz CT molecular complexity index is 507. The molecule has 0 spiro atoms. The largest absolute Gasteiger partial charge is 0.481 e. The number of carboxylic acid groups (broad SMARTS) is 1. The van der Waals surface area contributed by atoms with Crippen molar-refractivity contribution in [2.75, 3.05) is 0 Å². The third-order valence-corrected chi connectivity index (χ3v) is 3.25. The number of hydrogen-bond donors (Lipinski definition) is 1. The molecule has 1 aromatic carbocycles. The van der Waals surface area contributed by atoms with E-state index < -0.39 is 17.0 Å². The first-order valence-electron chi connectivity index (χ1n) is 7.07. The normalized spacial score (nSPS) is 12.0. The minimum absolute atomic E-state index is 0.225. The fraction of sp³-hybridized carbons (Fsp3) is 0.529. The molecule has 0 saturated heterocycles. The molecule has 4 heteroatoms. The van der Waals surface area contributed by atoms with Crippen LogP contribution in [-0.4, -0.2) is 22.6 Å². The zero-order valence-corrected chi connectivity index (χ0v) is 13.4. The van der Waals surface area contributed by atoms with E-state index in [1.807, 2.05) is 32.9 Å². The summed E-state index contributed by atoms with van der Waals surface area (Å²) in [4.78, 5) is 22.8. The Morgan fingerprint density at radius 2 is 1.57 bits per heavy atom. The molecule has 1 rings (SSSR count). The number of carboxylic acids is 1. The van der Waals surface area contributed by atoms with Gasteiger partial charge in [-0.15, -0.1) is 0 Å². The number of aryl methyl sites for hydroxylation is 1. The third kappa shape index (κ3) is 5.21. The summed E-state index contributed by atoms with van der Waals surface area (Å²) in [6.45, 7) is 8.87. The van der Waals surface area contributed by atoms with Crippen molar-refractivity contribution in [3.05, 3.63) is 35.4 Å². The second-order valence-corrected chi connectivity index (χ2v) is 6.71. The number of aliphatic carboxylic acids is 1. The van der Waals surface area contributed by atoms with Crippen LogP contribution in [0.4, 0.5) is 0 Å². The van der Waals surface area contributed by atoms with Crippen LogP contribution in [0.3, 0.4) is 0 Å². The molecule has 0 amide bonds. The van der Waals surface area contributed by atoms with Crippen molar-refractivity contribution >= 4 is 11.9 Å². The standard InChI is InChI=1S/C17H24O4/c1-16(2,3)21-14(18)11-8-12-6-9-13(10-7-12)17(4,5)15(19)20/h6-7,9-10H,8,11H2,1-5H3,(H,19,20). The van der Waals surface area contributed by atoms with Gasteiger partial charge in [0.1, 0.15) is 5.60 Å². The van der Waals surface area contributed by atoms with Crippen LogP contribution in [0.25, 0.3) is 0 Å². The Morgan fingerprint density at radius 1 is 1.05 bits per heavy atom. The molecule has 116 valence electrons. The van der Waals surface area contributed by atoms with Gasteiger partial charge < -0.3 is 9.84 Å². The number of carbonyl (C=O) groups is 2. The Labute approximate surface area is 126 Å². The van der Waals surface area contributed by atoms with E-state index in [9.17, 15) is 14.7 Å². The van der Waals surface area contributed by atoms with Crippen molar-refractivity contribution in [2.24, 2.45) is 0 Å². The predicted octanol–water partition coefficient (Wildman–Crippen LogP) is 3.32. The lowest BCUT2D eigenvalue weighted by atomic mass is 9.84. The summed E-state index contributed by atoms with van der Waals surface area (Å²) < 4.78 is 5.25. The van der Waals surface area contributed by atoms with Gasteiger partial charge in [-0.05, 0) is 52.2 Å². The zero-order chi connectivity index (χ0) is 16.3. The molecule has 0 aliphatic heterocycles. The first-order chi connectivity index (χ1) is 9.52. The highest BCUT2D eigenvalue weighted by Gasteiger charge is 2.29. The van der Waals surface area contributed by atoms with Crippen LogP contribution in [-0.2, 0) is 26.2 Å². The van der Waals surface area contributed by atoms with E-state index >= 15 is 0 Å². The molecule has 0 radical (unpaired) electrons. The maximum absolute atomic E-state index is 11.6. The molecule has 0 fully saturated rings. The topological polar surface area (TPSA) is 63.6 Å². The fourth-order valence-corrected chi connectivity index (χ4v) is 1.85. The first kappa shape index (κ1) is 17.2. The van der Waals surface area contributed by atoms with Crippen molar-refractivity contribution in [3.63, 3.8) is 0 Å². The molecule has 0 saturated carbocycles. The maximum Gasteiger partial charge on any atom is 0.313 e. The summed E-state index contributed by atoms with van der Waals surface area (Å²) in [5.74, 6) is -1.08. The molecule has 0 aliphatic carbocycles. The summed E-state index contributed by atoms with van der Waals surface area (Å²) in [5.41, 5.74) is 0.359. The SMILES string of the molecule is CC(C)(C)OC(=O)CCc1ccc(C(C)(C)C(=O)O)cc1. The molecule has 0 aliphatic rings. The second kappa shape index (κ2) is 6.29.